The zero-order valence-electron chi connectivity index (χ0n) is 16.5. The summed E-state index contributed by atoms with van der Waals surface area (Å²) in [5, 5.41) is 12.7. The summed E-state index contributed by atoms with van der Waals surface area (Å²) in [6.45, 7) is 1.18. The molecule has 0 unspecified atom stereocenters. The van der Waals surface area contributed by atoms with E-state index in [1.54, 1.807) is 19.2 Å². The number of carbonyl (C=O) groups excluding carboxylic acids is 1. The molecule has 0 atom stereocenters. The predicted molar refractivity (Wildman–Crippen MR) is 124 cm³/mol. The van der Waals surface area contributed by atoms with E-state index in [0.717, 1.165) is 23.1 Å². The van der Waals surface area contributed by atoms with Crippen LogP contribution in [0.2, 0.25) is 5.02 Å². The molecule has 0 aliphatic heterocycles. The first kappa shape index (κ1) is 22.8. The Bertz CT molecular complexity index is 984. The number of nitrogens with one attached hydrogen (secondary N) is 1. The first-order chi connectivity index (χ1) is 14.6. The number of rotatable bonds is 10. The summed E-state index contributed by atoms with van der Waals surface area (Å²) in [7, 11) is 1.66. The third-order valence-corrected chi connectivity index (χ3v) is 6.10. The summed E-state index contributed by atoms with van der Waals surface area (Å²) in [5.74, 6) is 0.932. The van der Waals surface area contributed by atoms with Gasteiger partial charge in [0.2, 0.25) is 5.91 Å². The Morgan fingerprint density at radius 1 is 1.20 bits per heavy atom. The first-order valence-corrected chi connectivity index (χ1v) is 11.5. The van der Waals surface area contributed by atoms with Crippen molar-refractivity contribution in [2.45, 2.75) is 24.5 Å². The van der Waals surface area contributed by atoms with E-state index in [1.807, 2.05) is 28.8 Å². The van der Waals surface area contributed by atoms with Crippen molar-refractivity contribution < 1.29 is 9.53 Å². The molecule has 158 valence electrons. The molecular weight excluding hydrogens is 488 g/mol. The standard InChI is InChI=1S/C21H22BrClN4O2S/c1-29-12-11-27-19(10-7-15-5-3-2-4-6-15)25-26-21(27)30-14-20(28)24-18-9-8-16(22)13-17(18)23/h2-6,8-9,13H,7,10-12,14H2,1H3,(H,24,28). The first-order valence-electron chi connectivity index (χ1n) is 9.39. The van der Waals surface area contributed by atoms with Crippen molar-refractivity contribution in [2.75, 3.05) is 24.8 Å². The minimum absolute atomic E-state index is 0.156. The molecule has 0 saturated carbocycles. The average molecular weight is 510 g/mol. The minimum Gasteiger partial charge on any atom is -0.383 e. The Kier molecular flexibility index (Phi) is 8.74. The number of amides is 1. The highest BCUT2D eigenvalue weighted by atomic mass is 79.9. The highest BCUT2D eigenvalue weighted by molar-refractivity contribution is 9.10. The van der Waals surface area contributed by atoms with Crippen LogP contribution in [0.1, 0.15) is 11.4 Å². The largest absolute Gasteiger partial charge is 0.383 e. The van der Waals surface area contributed by atoms with Crippen molar-refractivity contribution in [2.24, 2.45) is 0 Å². The monoisotopic (exact) mass is 508 g/mol. The molecule has 0 aliphatic rings. The van der Waals surface area contributed by atoms with Gasteiger partial charge < -0.3 is 14.6 Å². The van der Waals surface area contributed by atoms with Gasteiger partial charge in [-0.3, -0.25) is 4.79 Å². The second-order valence-corrected chi connectivity index (χ2v) is 8.76. The van der Waals surface area contributed by atoms with E-state index in [1.165, 1.54) is 17.3 Å². The van der Waals surface area contributed by atoms with Crippen LogP contribution in [-0.4, -0.2) is 40.1 Å². The number of aryl methyl sites for hydroxylation is 2. The smallest absolute Gasteiger partial charge is 0.234 e. The highest BCUT2D eigenvalue weighted by Crippen LogP contribution is 2.26. The number of hydrogen-bond acceptors (Lipinski definition) is 5. The molecule has 0 spiro atoms. The lowest BCUT2D eigenvalue weighted by molar-refractivity contribution is -0.113. The van der Waals surface area contributed by atoms with E-state index < -0.39 is 0 Å². The molecule has 1 heterocycles. The maximum atomic E-state index is 12.4. The van der Waals surface area contributed by atoms with Gasteiger partial charge in [0.05, 0.1) is 23.1 Å². The normalized spacial score (nSPS) is 10.9. The quantitative estimate of drug-likeness (QED) is 0.395. The second-order valence-electron chi connectivity index (χ2n) is 6.49. The van der Waals surface area contributed by atoms with E-state index in [0.29, 0.717) is 29.0 Å². The van der Waals surface area contributed by atoms with E-state index in [2.05, 4.69) is 43.6 Å². The molecule has 0 fully saturated rings. The van der Waals surface area contributed by atoms with Crippen molar-refractivity contribution in [3.05, 3.63) is 69.4 Å². The molecule has 0 saturated heterocycles. The van der Waals surface area contributed by atoms with E-state index >= 15 is 0 Å². The maximum Gasteiger partial charge on any atom is 0.234 e. The number of hydrogen-bond donors (Lipinski definition) is 1. The van der Waals surface area contributed by atoms with Gasteiger partial charge in [0.25, 0.3) is 0 Å². The lowest BCUT2D eigenvalue weighted by atomic mass is 10.1. The van der Waals surface area contributed by atoms with Gasteiger partial charge in [-0.25, -0.2) is 0 Å². The van der Waals surface area contributed by atoms with Gasteiger partial charge >= 0.3 is 0 Å². The fourth-order valence-corrected chi connectivity index (χ4v) is 4.33. The molecule has 3 rings (SSSR count). The molecule has 1 aromatic heterocycles. The molecule has 3 aromatic rings. The number of methoxy groups -OCH3 is 1. The summed E-state index contributed by atoms with van der Waals surface area (Å²) >= 11 is 10.9. The Labute approximate surface area is 193 Å². The van der Waals surface area contributed by atoms with E-state index in [4.69, 9.17) is 16.3 Å². The average Bonchev–Trinajstić information content (AvgIpc) is 3.13. The molecule has 1 N–H and O–H groups in total. The van der Waals surface area contributed by atoms with Crippen LogP contribution in [-0.2, 0) is 28.9 Å². The Hall–Kier alpha value is -1.87. The van der Waals surface area contributed by atoms with Crippen LogP contribution in [0.3, 0.4) is 0 Å². The van der Waals surface area contributed by atoms with Gasteiger partial charge in [-0.15, -0.1) is 10.2 Å². The van der Waals surface area contributed by atoms with Crippen molar-refractivity contribution >= 4 is 50.9 Å². The van der Waals surface area contributed by atoms with Gasteiger partial charge in [-0.1, -0.05) is 69.6 Å². The lowest BCUT2D eigenvalue weighted by Gasteiger charge is -2.10. The number of aromatic nitrogens is 3. The van der Waals surface area contributed by atoms with Gasteiger partial charge in [-0.05, 0) is 30.2 Å². The molecule has 0 aliphatic carbocycles. The highest BCUT2D eigenvalue weighted by Gasteiger charge is 2.15. The Morgan fingerprint density at radius 2 is 2.00 bits per heavy atom. The minimum atomic E-state index is -0.156. The number of benzene rings is 2. The molecule has 9 heteroatoms. The fourth-order valence-electron chi connectivity index (χ4n) is 2.83. The van der Waals surface area contributed by atoms with Crippen molar-refractivity contribution in [3.63, 3.8) is 0 Å². The molecule has 1 amide bonds. The summed E-state index contributed by atoms with van der Waals surface area (Å²) in [6.07, 6.45) is 1.64. The van der Waals surface area contributed by atoms with Gasteiger partial charge in [0.15, 0.2) is 5.16 Å². The van der Waals surface area contributed by atoms with Crippen LogP contribution in [0.4, 0.5) is 5.69 Å². The summed E-state index contributed by atoms with van der Waals surface area (Å²) < 4.78 is 8.11. The van der Waals surface area contributed by atoms with Gasteiger partial charge in [-0.2, -0.15) is 0 Å². The predicted octanol–water partition coefficient (Wildman–Crippen LogP) is 4.86. The number of thioether (sulfide) groups is 1. The number of anilines is 1. The van der Waals surface area contributed by atoms with Crippen LogP contribution in [0.25, 0.3) is 0 Å². The van der Waals surface area contributed by atoms with Crippen LogP contribution in [0, 0.1) is 0 Å². The molecule has 0 bridgehead atoms. The van der Waals surface area contributed by atoms with Crippen LogP contribution in [0.5, 0.6) is 0 Å². The maximum absolute atomic E-state index is 12.4. The van der Waals surface area contributed by atoms with Crippen molar-refractivity contribution in [1.29, 1.82) is 0 Å². The van der Waals surface area contributed by atoms with Crippen LogP contribution in [0.15, 0.2) is 58.2 Å². The van der Waals surface area contributed by atoms with Crippen molar-refractivity contribution in [1.82, 2.24) is 14.8 Å². The number of carbonyl (C=O) groups is 1. The summed E-state index contributed by atoms with van der Waals surface area (Å²) in [4.78, 5) is 12.4. The molecule has 6 nitrogen and oxygen atoms in total. The number of halogens is 2. The second kappa shape index (κ2) is 11.5. The topological polar surface area (TPSA) is 69.0 Å². The molecule has 30 heavy (non-hydrogen) atoms. The van der Waals surface area contributed by atoms with Crippen LogP contribution < -0.4 is 5.32 Å². The third kappa shape index (κ3) is 6.57. The fraction of sp³-hybridized carbons (Fsp3) is 0.286. The number of ether oxygens (including phenoxy) is 1. The van der Waals surface area contributed by atoms with Crippen molar-refractivity contribution in [3.8, 4) is 0 Å². The van der Waals surface area contributed by atoms with E-state index in [9.17, 15) is 4.79 Å². The molecular formula is C21H22BrClN4O2S. The zero-order valence-corrected chi connectivity index (χ0v) is 19.6. The number of nitrogens with zero attached hydrogens (tertiary/aromatic N) is 3. The lowest BCUT2D eigenvalue weighted by Crippen LogP contribution is -2.16. The SMILES string of the molecule is COCCn1c(CCc2ccccc2)nnc1SCC(=O)Nc1ccc(Br)cc1Cl. The zero-order chi connectivity index (χ0) is 21.3. The Morgan fingerprint density at radius 3 is 2.73 bits per heavy atom. The molecule has 0 radical (unpaired) electrons. The van der Waals surface area contributed by atoms with E-state index in [-0.39, 0.29) is 11.7 Å². The summed E-state index contributed by atoms with van der Waals surface area (Å²) in [6, 6.07) is 15.6. The van der Waals surface area contributed by atoms with Gasteiger partial charge in [0, 0.05) is 24.5 Å². The third-order valence-electron chi connectivity index (χ3n) is 4.33. The molecule has 2 aromatic carbocycles. The van der Waals surface area contributed by atoms with Crippen LogP contribution >= 0.6 is 39.3 Å². The summed E-state index contributed by atoms with van der Waals surface area (Å²) in [5.41, 5.74) is 1.83. The van der Waals surface area contributed by atoms with Gasteiger partial charge in [0.1, 0.15) is 5.82 Å². The Balaban J connectivity index is 1.62.